The molecule has 11 nitrogen and oxygen atoms in total. The highest BCUT2D eigenvalue weighted by molar-refractivity contribution is 5.68. The van der Waals surface area contributed by atoms with Crippen LogP contribution in [0, 0.1) is 0 Å². The van der Waals surface area contributed by atoms with Gasteiger partial charge in [0.25, 0.3) is 0 Å². The first-order chi connectivity index (χ1) is 20.0. The van der Waals surface area contributed by atoms with E-state index in [0.717, 1.165) is 23.1 Å². The minimum absolute atomic E-state index is 0.0249. The van der Waals surface area contributed by atoms with Gasteiger partial charge in [0, 0.05) is 24.8 Å². The van der Waals surface area contributed by atoms with Crippen molar-refractivity contribution in [3.05, 3.63) is 78.0 Å². The maximum absolute atomic E-state index is 12.2. The minimum atomic E-state index is -0.551. The summed E-state index contributed by atoms with van der Waals surface area (Å²) in [5.74, 6) is 1.98. The Morgan fingerprint density at radius 1 is 0.976 bits per heavy atom. The third-order valence-electron chi connectivity index (χ3n) is 6.20. The lowest BCUT2D eigenvalue weighted by molar-refractivity contribution is 0.0508. The monoisotopic (exact) mass is 570 g/mol. The molecule has 11 heteroatoms. The van der Waals surface area contributed by atoms with Crippen LogP contribution in [-0.4, -0.2) is 56.8 Å². The summed E-state index contributed by atoms with van der Waals surface area (Å²) in [7, 11) is 3.35. The average Bonchev–Trinajstić information content (AvgIpc) is 2.96. The zero-order valence-corrected chi connectivity index (χ0v) is 25.1. The van der Waals surface area contributed by atoms with Gasteiger partial charge in [-0.05, 0) is 58.2 Å². The molecule has 0 saturated carbocycles. The molecule has 0 fully saturated rings. The van der Waals surface area contributed by atoms with Gasteiger partial charge in [0.15, 0.2) is 5.82 Å². The fourth-order valence-electron chi connectivity index (χ4n) is 4.19. The van der Waals surface area contributed by atoms with E-state index in [4.69, 9.17) is 14.5 Å². The number of alkyl carbamates (subject to hydrolysis) is 1. The number of nitrogens with zero attached hydrogens (tertiary/aromatic N) is 6. The van der Waals surface area contributed by atoms with Gasteiger partial charge in [0.2, 0.25) is 11.9 Å². The second kappa shape index (κ2) is 13.2. The lowest BCUT2D eigenvalue weighted by atomic mass is 10.0. The highest BCUT2D eigenvalue weighted by Crippen LogP contribution is 2.24. The second-order valence-corrected chi connectivity index (χ2v) is 11.0. The maximum Gasteiger partial charge on any atom is 0.408 e. The lowest BCUT2D eigenvalue weighted by Gasteiger charge is -2.22. The van der Waals surface area contributed by atoms with Crippen LogP contribution in [-0.2, 0) is 11.2 Å². The predicted octanol–water partition coefficient (Wildman–Crippen LogP) is 5.73. The quantitative estimate of drug-likeness (QED) is 0.244. The summed E-state index contributed by atoms with van der Waals surface area (Å²) >= 11 is 0. The number of carbonyl (C=O) groups is 1. The molecular weight excluding hydrogens is 532 g/mol. The van der Waals surface area contributed by atoms with Gasteiger partial charge in [-0.15, -0.1) is 0 Å². The normalized spacial score (nSPS) is 12.6. The Balaban J connectivity index is 1.43. The molecule has 220 valence electrons. The topological polar surface area (TPSA) is 127 Å². The molecule has 0 saturated heterocycles. The molecule has 0 bridgehead atoms. The van der Waals surface area contributed by atoms with E-state index >= 15 is 0 Å². The van der Waals surface area contributed by atoms with E-state index in [1.54, 1.807) is 17.2 Å². The van der Waals surface area contributed by atoms with Crippen LogP contribution in [0.25, 0.3) is 11.4 Å². The summed E-state index contributed by atoms with van der Waals surface area (Å²) in [6.07, 6.45) is 1.97. The van der Waals surface area contributed by atoms with Crippen molar-refractivity contribution >= 4 is 23.8 Å². The van der Waals surface area contributed by atoms with Crippen LogP contribution in [0.4, 0.5) is 22.5 Å². The van der Waals surface area contributed by atoms with Gasteiger partial charge in [0.1, 0.15) is 11.4 Å². The van der Waals surface area contributed by atoms with E-state index in [1.807, 2.05) is 77.2 Å². The Hall–Kier alpha value is -4.80. The SMILES string of the molecule is COc1nc(-c2ccccc2)nc(N(C)c2ccnc(NC(C)Cc3cccc(C(C)NC(=O)OC(C)(C)C)c3)n2)n1. The van der Waals surface area contributed by atoms with Crippen molar-refractivity contribution in [3.63, 3.8) is 0 Å². The van der Waals surface area contributed by atoms with Gasteiger partial charge in [-0.1, -0.05) is 54.6 Å². The van der Waals surface area contributed by atoms with E-state index < -0.39 is 11.7 Å². The number of nitrogens with one attached hydrogen (secondary N) is 2. The Labute approximate surface area is 246 Å². The van der Waals surface area contributed by atoms with Gasteiger partial charge >= 0.3 is 12.1 Å². The number of amides is 1. The fraction of sp³-hybridized carbons (Fsp3) is 0.355. The number of hydrogen-bond donors (Lipinski definition) is 2. The van der Waals surface area contributed by atoms with Crippen LogP contribution >= 0.6 is 0 Å². The van der Waals surface area contributed by atoms with Crippen LogP contribution in [0.15, 0.2) is 66.9 Å². The van der Waals surface area contributed by atoms with Crippen molar-refractivity contribution in [1.29, 1.82) is 0 Å². The number of anilines is 3. The van der Waals surface area contributed by atoms with E-state index in [1.165, 1.54) is 7.11 Å². The Bertz CT molecular complexity index is 1490. The number of ether oxygens (including phenoxy) is 2. The molecule has 2 aromatic heterocycles. The van der Waals surface area contributed by atoms with Crippen LogP contribution in [0.3, 0.4) is 0 Å². The molecular formula is C31H38N8O3. The zero-order valence-electron chi connectivity index (χ0n) is 25.1. The molecule has 2 N–H and O–H groups in total. The van der Waals surface area contributed by atoms with Gasteiger partial charge in [-0.3, -0.25) is 4.90 Å². The standard InChI is InChI=1S/C31H38N8O3/c1-20(18-22-12-11-15-24(19-22)21(2)34-30(40)42-31(3,4)5)33-27-32-17-16-25(35-27)39(6)28-36-26(37-29(38-28)41-7)23-13-9-8-10-14-23/h8-17,19-21H,18H2,1-7H3,(H,34,40)(H,32,33,35). The fourth-order valence-corrected chi connectivity index (χ4v) is 4.19. The zero-order chi connectivity index (χ0) is 30.3. The van der Waals surface area contributed by atoms with Crippen LogP contribution < -0.4 is 20.3 Å². The molecule has 42 heavy (non-hydrogen) atoms. The summed E-state index contributed by atoms with van der Waals surface area (Å²) in [6, 6.07) is 19.6. The number of benzene rings is 2. The average molecular weight is 571 g/mol. The van der Waals surface area contributed by atoms with Crippen molar-refractivity contribution in [2.24, 2.45) is 0 Å². The summed E-state index contributed by atoms with van der Waals surface area (Å²) < 4.78 is 10.7. The summed E-state index contributed by atoms with van der Waals surface area (Å²) in [4.78, 5) is 36.5. The molecule has 0 aliphatic heterocycles. The second-order valence-electron chi connectivity index (χ2n) is 11.0. The molecule has 1 amide bonds. The first-order valence-corrected chi connectivity index (χ1v) is 13.8. The first kappa shape index (κ1) is 30.2. The smallest absolute Gasteiger partial charge is 0.408 e. The van der Waals surface area contributed by atoms with Gasteiger partial charge in [-0.2, -0.15) is 19.9 Å². The molecule has 0 aliphatic rings. The molecule has 4 aromatic rings. The molecule has 2 aromatic carbocycles. The molecule has 0 radical (unpaired) electrons. The predicted molar refractivity (Wildman–Crippen MR) is 163 cm³/mol. The highest BCUT2D eigenvalue weighted by Gasteiger charge is 2.19. The van der Waals surface area contributed by atoms with E-state index in [2.05, 4.69) is 49.6 Å². The summed E-state index contributed by atoms with van der Waals surface area (Å²) in [5, 5.41) is 6.29. The van der Waals surface area contributed by atoms with Crippen molar-refractivity contribution in [2.75, 3.05) is 24.4 Å². The van der Waals surface area contributed by atoms with Crippen LogP contribution in [0.2, 0.25) is 0 Å². The molecule has 4 rings (SSSR count). The maximum atomic E-state index is 12.2. The first-order valence-electron chi connectivity index (χ1n) is 13.8. The van der Waals surface area contributed by atoms with E-state index in [-0.39, 0.29) is 18.1 Å². The van der Waals surface area contributed by atoms with Crippen molar-refractivity contribution in [1.82, 2.24) is 30.2 Å². The van der Waals surface area contributed by atoms with Crippen molar-refractivity contribution in [3.8, 4) is 17.4 Å². The largest absolute Gasteiger partial charge is 0.467 e. The van der Waals surface area contributed by atoms with E-state index in [9.17, 15) is 4.79 Å². The van der Waals surface area contributed by atoms with Crippen LogP contribution in [0.5, 0.6) is 6.01 Å². The van der Waals surface area contributed by atoms with Crippen LogP contribution in [0.1, 0.15) is 51.8 Å². The van der Waals surface area contributed by atoms with Gasteiger partial charge in [0.05, 0.1) is 13.2 Å². The number of hydrogen-bond acceptors (Lipinski definition) is 10. The van der Waals surface area contributed by atoms with Crippen molar-refractivity contribution in [2.45, 2.75) is 58.7 Å². The Kier molecular flexibility index (Phi) is 9.51. The van der Waals surface area contributed by atoms with Gasteiger partial charge in [-0.25, -0.2) is 9.78 Å². The highest BCUT2D eigenvalue weighted by atomic mass is 16.6. The lowest BCUT2D eigenvalue weighted by Crippen LogP contribution is -2.34. The van der Waals surface area contributed by atoms with E-state index in [0.29, 0.717) is 23.5 Å². The number of aromatic nitrogens is 5. The summed E-state index contributed by atoms with van der Waals surface area (Å²) in [6.45, 7) is 9.53. The molecule has 2 heterocycles. The van der Waals surface area contributed by atoms with Crippen molar-refractivity contribution < 1.29 is 14.3 Å². The third kappa shape index (κ3) is 8.35. The molecule has 2 atom stereocenters. The van der Waals surface area contributed by atoms with Gasteiger partial charge < -0.3 is 20.1 Å². The number of methoxy groups -OCH3 is 1. The number of carbonyl (C=O) groups excluding carboxylic acids is 1. The molecule has 0 aliphatic carbocycles. The summed E-state index contributed by atoms with van der Waals surface area (Å²) in [5.41, 5.74) is 2.41. The molecule has 2 unspecified atom stereocenters. The Morgan fingerprint density at radius 2 is 1.74 bits per heavy atom. The third-order valence-corrected chi connectivity index (χ3v) is 6.20. The number of rotatable bonds is 10. The molecule has 0 spiro atoms. The Morgan fingerprint density at radius 3 is 2.45 bits per heavy atom. The minimum Gasteiger partial charge on any atom is -0.467 e.